The van der Waals surface area contributed by atoms with Gasteiger partial charge in [-0.1, -0.05) is 42.0 Å². The minimum absolute atomic E-state index is 0.328. The van der Waals surface area contributed by atoms with Gasteiger partial charge in [0.2, 0.25) is 12.1 Å². The van der Waals surface area contributed by atoms with Crippen LogP contribution >= 0.6 is 0 Å². The van der Waals surface area contributed by atoms with Gasteiger partial charge in [-0.2, -0.15) is 26.3 Å². The van der Waals surface area contributed by atoms with Gasteiger partial charge in [0.05, 0.1) is 11.4 Å². The molecule has 0 aromatic heterocycles. The lowest BCUT2D eigenvalue weighted by molar-refractivity contribution is -0.152. The molecule has 0 aliphatic carbocycles. The third kappa shape index (κ3) is 7.92. The van der Waals surface area contributed by atoms with Crippen molar-refractivity contribution < 1.29 is 40.7 Å². The van der Waals surface area contributed by atoms with Crippen LogP contribution in [-0.2, 0) is 14.4 Å². The van der Waals surface area contributed by atoms with E-state index in [1.807, 2.05) is 6.92 Å². The number of carbonyl (C=O) groups is 3. The van der Waals surface area contributed by atoms with Crippen LogP contribution in [0, 0.1) is 18.8 Å². The minimum Gasteiger partial charge on any atom is -0.326 e. The highest BCUT2D eigenvalue weighted by Crippen LogP contribution is 2.34. The van der Waals surface area contributed by atoms with E-state index in [2.05, 4.69) is 10.3 Å². The number of benzodiazepines with no additional fused rings is 1. The highest BCUT2D eigenvalue weighted by Gasteiger charge is 2.40. The van der Waals surface area contributed by atoms with E-state index in [-0.39, 0.29) is 0 Å². The molecule has 0 unspecified atom stereocenters. The Balaban J connectivity index is 2.03. The number of fused-ring (bicyclic) bond motifs is 1. The lowest BCUT2D eigenvalue weighted by atomic mass is 9.81. The number of anilines is 1. The molecule has 2 aromatic rings. The Labute approximate surface area is 227 Å². The fraction of sp³-hybridized carbons (Fsp3) is 0.429. The van der Waals surface area contributed by atoms with Gasteiger partial charge in [0, 0.05) is 42.9 Å². The maximum absolute atomic E-state index is 13.4. The van der Waals surface area contributed by atoms with Crippen molar-refractivity contribution in [3.05, 3.63) is 65.2 Å². The van der Waals surface area contributed by atoms with E-state index in [0.29, 0.717) is 22.5 Å². The monoisotopic (exact) mass is 569 g/mol. The van der Waals surface area contributed by atoms with Crippen molar-refractivity contribution in [2.75, 3.05) is 11.9 Å². The summed E-state index contributed by atoms with van der Waals surface area (Å²) in [5, 5.41) is 2.34. The zero-order valence-corrected chi connectivity index (χ0v) is 22.1. The summed E-state index contributed by atoms with van der Waals surface area (Å²) in [5.41, 5.74) is 2.81. The van der Waals surface area contributed by atoms with Crippen LogP contribution in [0.3, 0.4) is 0 Å². The molecule has 0 bridgehead atoms. The molecule has 2 aromatic carbocycles. The smallest absolute Gasteiger partial charge is 0.326 e. The number of amides is 2. The number of nitrogens with zero attached hydrogens (tertiary/aromatic N) is 2. The number of alkyl halides is 6. The fourth-order valence-electron chi connectivity index (χ4n) is 4.69. The molecule has 3 rings (SSSR count). The molecule has 0 saturated carbocycles. The van der Waals surface area contributed by atoms with Crippen LogP contribution in [0.5, 0.6) is 0 Å². The minimum atomic E-state index is -4.72. The molecule has 1 heterocycles. The maximum atomic E-state index is 13.4. The number of aliphatic imine (C=N–C) groups is 1. The van der Waals surface area contributed by atoms with Gasteiger partial charge in [-0.15, -0.1) is 0 Å². The van der Waals surface area contributed by atoms with Crippen molar-refractivity contribution in [3.8, 4) is 0 Å². The molecule has 2 amide bonds. The summed E-state index contributed by atoms with van der Waals surface area (Å²) >= 11 is 0. The Morgan fingerprint density at radius 2 is 1.52 bits per heavy atom. The molecule has 12 heteroatoms. The van der Waals surface area contributed by atoms with E-state index in [9.17, 15) is 40.7 Å². The van der Waals surface area contributed by atoms with E-state index in [4.69, 9.17) is 0 Å². The van der Waals surface area contributed by atoms with Gasteiger partial charge in [0.1, 0.15) is 5.78 Å². The largest absolute Gasteiger partial charge is 0.389 e. The van der Waals surface area contributed by atoms with Crippen LogP contribution < -0.4 is 10.2 Å². The lowest BCUT2D eigenvalue weighted by Crippen LogP contribution is -2.49. The zero-order valence-electron chi connectivity index (χ0n) is 22.1. The number of benzene rings is 2. The van der Waals surface area contributed by atoms with Crippen LogP contribution in [-0.4, -0.2) is 48.9 Å². The van der Waals surface area contributed by atoms with Crippen molar-refractivity contribution in [3.63, 3.8) is 0 Å². The molecule has 40 heavy (non-hydrogen) atoms. The number of hydrogen-bond acceptors (Lipinski definition) is 4. The average molecular weight is 570 g/mol. The molecular weight excluding hydrogens is 540 g/mol. The lowest BCUT2D eigenvalue weighted by Gasteiger charge is -2.27. The third-order valence-electron chi connectivity index (χ3n) is 6.74. The van der Waals surface area contributed by atoms with Crippen molar-refractivity contribution in [1.29, 1.82) is 0 Å². The van der Waals surface area contributed by atoms with Gasteiger partial charge in [-0.25, -0.2) is 4.99 Å². The molecule has 0 spiro atoms. The quantitative estimate of drug-likeness (QED) is 0.391. The average Bonchev–Trinajstić information content (AvgIpc) is 2.95. The fourth-order valence-corrected chi connectivity index (χ4v) is 4.69. The van der Waals surface area contributed by atoms with Gasteiger partial charge in [0.15, 0.2) is 0 Å². The zero-order chi connectivity index (χ0) is 29.8. The van der Waals surface area contributed by atoms with E-state index < -0.39 is 73.6 Å². The number of carbonyl (C=O) groups excluding carboxylic acids is 3. The molecule has 6 nitrogen and oxygen atoms in total. The first kappa shape index (κ1) is 30.8. The van der Waals surface area contributed by atoms with Gasteiger partial charge >= 0.3 is 12.4 Å². The Morgan fingerprint density at radius 1 is 0.950 bits per heavy atom. The highest BCUT2D eigenvalue weighted by atomic mass is 19.4. The van der Waals surface area contributed by atoms with Gasteiger partial charge < -0.3 is 10.2 Å². The van der Waals surface area contributed by atoms with Crippen molar-refractivity contribution >= 4 is 29.0 Å². The molecular formula is C28H29F6N3O3. The van der Waals surface area contributed by atoms with Crippen molar-refractivity contribution in [1.82, 2.24) is 5.32 Å². The molecule has 0 saturated heterocycles. The summed E-state index contributed by atoms with van der Waals surface area (Å²) in [4.78, 5) is 44.8. The molecule has 1 aliphatic heterocycles. The first-order valence-corrected chi connectivity index (χ1v) is 12.5. The Morgan fingerprint density at radius 3 is 2.08 bits per heavy atom. The summed E-state index contributed by atoms with van der Waals surface area (Å²) in [7, 11) is 1.45. The Hall–Kier alpha value is -3.70. The van der Waals surface area contributed by atoms with Gasteiger partial charge in [-0.05, 0) is 38.8 Å². The normalized spacial score (nSPS) is 17.4. The third-order valence-corrected chi connectivity index (χ3v) is 6.74. The molecule has 1 N–H and O–H groups in total. The summed E-state index contributed by atoms with van der Waals surface area (Å²) in [6, 6.07) is 14.0. The maximum Gasteiger partial charge on any atom is 0.389 e. The summed E-state index contributed by atoms with van der Waals surface area (Å²) < 4.78 is 78.1. The van der Waals surface area contributed by atoms with Crippen LogP contribution in [0.25, 0.3) is 0 Å². The van der Waals surface area contributed by atoms with Crippen LogP contribution in [0.1, 0.15) is 49.3 Å². The predicted octanol–water partition coefficient (Wildman–Crippen LogP) is 5.76. The molecule has 0 fully saturated rings. The van der Waals surface area contributed by atoms with Crippen molar-refractivity contribution in [2.24, 2.45) is 16.8 Å². The van der Waals surface area contributed by atoms with Crippen molar-refractivity contribution in [2.45, 2.75) is 58.0 Å². The first-order valence-electron chi connectivity index (χ1n) is 12.5. The van der Waals surface area contributed by atoms with E-state index >= 15 is 0 Å². The second kappa shape index (κ2) is 12.2. The van der Waals surface area contributed by atoms with E-state index in [0.717, 1.165) is 12.5 Å². The second-order valence-corrected chi connectivity index (χ2v) is 9.80. The second-order valence-electron chi connectivity index (χ2n) is 9.80. The summed E-state index contributed by atoms with van der Waals surface area (Å²) in [6.45, 7) is 2.77. The number of aryl methyl sites for hydroxylation is 1. The van der Waals surface area contributed by atoms with Crippen LogP contribution in [0.4, 0.5) is 32.0 Å². The number of rotatable bonds is 9. The molecule has 0 radical (unpaired) electrons. The SMILES string of the molecule is CC(=O)[C@@H](CCC(F)(F)F)[C@@H](CCC(F)(F)F)C(=O)N[C@H]1N=C(c2ccccc2)c2cc(C)ccc2N(C)C1=O. The number of ketones is 1. The number of halogens is 6. The predicted molar refractivity (Wildman–Crippen MR) is 137 cm³/mol. The molecule has 1 aliphatic rings. The summed E-state index contributed by atoms with van der Waals surface area (Å²) in [6.07, 6.45) is -15.8. The van der Waals surface area contributed by atoms with Crippen LogP contribution in [0.15, 0.2) is 53.5 Å². The van der Waals surface area contributed by atoms with E-state index in [1.54, 1.807) is 48.5 Å². The molecule has 216 valence electrons. The van der Waals surface area contributed by atoms with Gasteiger partial charge in [-0.3, -0.25) is 14.4 Å². The number of nitrogens with one attached hydrogen (secondary N) is 1. The summed E-state index contributed by atoms with van der Waals surface area (Å²) in [5.74, 6) is -6.12. The van der Waals surface area contributed by atoms with Gasteiger partial charge in [0.25, 0.3) is 5.91 Å². The molecule has 3 atom stereocenters. The van der Waals surface area contributed by atoms with Crippen LogP contribution in [0.2, 0.25) is 0 Å². The number of Topliss-reactive ketones (excluding diaryl/α,β-unsaturated/α-hetero) is 1. The Bertz CT molecular complexity index is 1270. The Kier molecular flexibility index (Phi) is 9.42. The highest BCUT2D eigenvalue weighted by molar-refractivity contribution is 6.20. The van der Waals surface area contributed by atoms with E-state index in [1.165, 1.54) is 11.9 Å². The first-order chi connectivity index (χ1) is 18.6. The standard InChI is InChI=1S/C28H29F6N3O3/c1-16-9-10-22-21(15-16)23(18-7-5-4-6-8-18)35-24(26(40)37(22)3)36-25(39)20(12-14-28(32,33)34)19(17(2)38)11-13-27(29,30)31/h4-10,15,19-20,24H,11-14H2,1-3H3,(H,36,39)/t19-,20-,24-/m1/s1. The number of hydrogen-bond donors (Lipinski definition) is 1. The topological polar surface area (TPSA) is 78.8 Å². The number of likely N-dealkylation sites (N-methyl/N-ethyl adjacent to an activating group) is 1.